The Hall–Kier alpha value is -2.84. The number of ether oxygens (including phenoxy) is 3. The number of hydrogen-bond acceptors (Lipinski definition) is 5. The van der Waals surface area contributed by atoms with Gasteiger partial charge in [0.1, 0.15) is 12.4 Å². The van der Waals surface area contributed by atoms with Gasteiger partial charge in [-0.2, -0.15) is 5.10 Å². The molecule has 0 unspecified atom stereocenters. The van der Waals surface area contributed by atoms with Crippen molar-refractivity contribution >= 4 is 44.0 Å². The monoisotopic (exact) mass is 574 g/mol. The van der Waals surface area contributed by atoms with Crippen LogP contribution in [0.5, 0.6) is 17.2 Å². The molecule has 0 bridgehead atoms. The van der Waals surface area contributed by atoms with E-state index in [0.29, 0.717) is 36.0 Å². The Labute approximate surface area is 210 Å². The van der Waals surface area contributed by atoms with Crippen LogP contribution in [0.15, 0.2) is 74.7 Å². The lowest BCUT2D eigenvalue weighted by Gasteiger charge is -2.11. The number of hydrazone groups is 1. The Bertz CT molecular complexity index is 1100. The maximum absolute atomic E-state index is 12.5. The summed E-state index contributed by atoms with van der Waals surface area (Å²) in [6, 6.07) is 18.7. The highest BCUT2D eigenvalue weighted by Crippen LogP contribution is 2.35. The molecular formula is C25H24Br2N2O4. The second kappa shape index (κ2) is 12.4. The highest BCUT2D eigenvalue weighted by molar-refractivity contribution is 9.11. The molecule has 0 radical (unpaired) electrons. The van der Waals surface area contributed by atoms with Crippen molar-refractivity contribution in [3.63, 3.8) is 0 Å². The number of carbonyl (C=O) groups excluding carboxylic acids is 1. The third kappa shape index (κ3) is 7.07. The fraction of sp³-hybridized carbons (Fsp3) is 0.200. The van der Waals surface area contributed by atoms with E-state index in [9.17, 15) is 4.79 Å². The second-order valence-corrected chi connectivity index (χ2v) is 8.71. The predicted octanol–water partition coefficient (Wildman–Crippen LogP) is 6.35. The lowest BCUT2D eigenvalue weighted by molar-refractivity contribution is 0.0954. The molecular weight excluding hydrogens is 552 g/mol. The van der Waals surface area contributed by atoms with E-state index in [2.05, 4.69) is 42.4 Å². The van der Waals surface area contributed by atoms with Crippen LogP contribution >= 0.6 is 31.9 Å². The first-order valence-electron chi connectivity index (χ1n) is 10.3. The molecule has 1 N–H and O–H groups in total. The SMILES string of the molecule is CCCOc1ccc(C(=O)N/N=C/c2cc(Br)c(OCc3ccccc3)c(Br)c2)cc1OC. The van der Waals surface area contributed by atoms with Crippen molar-refractivity contribution < 1.29 is 19.0 Å². The fourth-order valence-electron chi connectivity index (χ4n) is 2.89. The summed E-state index contributed by atoms with van der Waals surface area (Å²) in [6.07, 6.45) is 2.44. The normalized spacial score (nSPS) is 10.8. The molecule has 1 amide bonds. The topological polar surface area (TPSA) is 69.2 Å². The zero-order chi connectivity index (χ0) is 23.6. The van der Waals surface area contributed by atoms with E-state index < -0.39 is 0 Å². The molecule has 0 aliphatic rings. The maximum atomic E-state index is 12.5. The summed E-state index contributed by atoms with van der Waals surface area (Å²) in [6.45, 7) is 3.05. The van der Waals surface area contributed by atoms with Gasteiger partial charge in [0.15, 0.2) is 11.5 Å². The Balaban J connectivity index is 1.63. The highest BCUT2D eigenvalue weighted by Gasteiger charge is 2.12. The third-order valence-corrected chi connectivity index (χ3v) is 5.69. The summed E-state index contributed by atoms with van der Waals surface area (Å²) in [5.41, 5.74) is 4.81. The van der Waals surface area contributed by atoms with Crippen molar-refractivity contribution in [3.8, 4) is 17.2 Å². The van der Waals surface area contributed by atoms with Crippen LogP contribution in [0.25, 0.3) is 0 Å². The number of carbonyl (C=O) groups is 1. The van der Waals surface area contributed by atoms with Gasteiger partial charge in [-0.15, -0.1) is 0 Å². The predicted molar refractivity (Wildman–Crippen MR) is 136 cm³/mol. The molecule has 0 saturated carbocycles. The van der Waals surface area contributed by atoms with Crippen molar-refractivity contribution in [2.45, 2.75) is 20.0 Å². The van der Waals surface area contributed by atoms with Crippen LogP contribution in [0.2, 0.25) is 0 Å². The van der Waals surface area contributed by atoms with E-state index in [-0.39, 0.29) is 5.91 Å². The molecule has 0 fully saturated rings. The number of nitrogens with one attached hydrogen (secondary N) is 1. The van der Waals surface area contributed by atoms with Gasteiger partial charge in [0.25, 0.3) is 5.91 Å². The molecule has 33 heavy (non-hydrogen) atoms. The molecule has 0 saturated heterocycles. The van der Waals surface area contributed by atoms with Crippen LogP contribution < -0.4 is 19.6 Å². The molecule has 0 aliphatic carbocycles. The molecule has 0 aromatic heterocycles. The zero-order valence-corrected chi connectivity index (χ0v) is 21.5. The van der Waals surface area contributed by atoms with Gasteiger partial charge in [0, 0.05) is 5.56 Å². The van der Waals surface area contributed by atoms with Gasteiger partial charge in [-0.05, 0) is 79.7 Å². The largest absolute Gasteiger partial charge is 0.493 e. The van der Waals surface area contributed by atoms with Gasteiger partial charge in [0.2, 0.25) is 0 Å². The van der Waals surface area contributed by atoms with E-state index in [0.717, 1.165) is 26.5 Å². The van der Waals surface area contributed by atoms with E-state index >= 15 is 0 Å². The molecule has 3 aromatic carbocycles. The van der Waals surface area contributed by atoms with Crippen LogP contribution in [0.1, 0.15) is 34.8 Å². The summed E-state index contributed by atoms with van der Waals surface area (Å²) in [5.74, 6) is 1.44. The molecule has 0 aliphatic heterocycles. The number of benzene rings is 3. The number of hydrogen-bond donors (Lipinski definition) is 1. The minimum atomic E-state index is -0.354. The standard InChI is InChI=1S/C25H24Br2N2O4/c1-3-11-32-22-10-9-19(14-23(22)31-2)25(30)29-28-15-18-12-20(26)24(21(27)13-18)33-16-17-7-5-4-6-8-17/h4-10,12-15H,3,11,16H2,1-2H3,(H,29,30)/b28-15+. The summed E-state index contributed by atoms with van der Waals surface area (Å²) >= 11 is 7.08. The zero-order valence-electron chi connectivity index (χ0n) is 18.3. The Kier molecular flexibility index (Phi) is 9.33. The first-order valence-corrected chi connectivity index (χ1v) is 11.9. The van der Waals surface area contributed by atoms with Crippen LogP contribution in [-0.4, -0.2) is 25.8 Å². The number of methoxy groups -OCH3 is 1. The number of amides is 1. The molecule has 0 heterocycles. The first-order chi connectivity index (χ1) is 16.0. The molecule has 0 spiro atoms. The van der Waals surface area contributed by atoms with Gasteiger partial charge in [0.05, 0.1) is 28.9 Å². The first kappa shape index (κ1) is 24.8. The van der Waals surface area contributed by atoms with Crippen LogP contribution in [0.4, 0.5) is 0 Å². The Morgan fingerprint density at radius 1 is 1.00 bits per heavy atom. The van der Waals surface area contributed by atoms with Crippen LogP contribution in [0, 0.1) is 0 Å². The van der Waals surface area contributed by atoms with Crippen LogP contribution in [0.3, 0.4) is 0 Å². The number of rotatable bonds is 10. The van der Waals surface area contributed by atoms with Gasteiger partial charge in [-0.25, -0.2) is 5.43 Å². The van der Waals surface area contributed by atoms with Gasteiger partial charge < -0.3 is 14.2 Å². The average Bonchev–Trinajstić information content (AvgIpc) is 2.82. The highest BCUT2D eigenvalue weighted by atomic mass is 79.9. The minimum absolute atomic E-state index is 0.354. The van der Waals surface area contributed by atoms with Gasteiger partial charge in [-0.1, -0.05) is 37.3 Å². The summed E-state index contributed by atoms with van der Waals surface area (Å²) in [5, 5.41) is 4.07. The molecule has 8 heteroatoms. The van der Waals surface area contributed by atoms with Crippen molar-refractivity contribution in [1.82, 2.24) is 5.43 Å². The fourth-order valence-corrected chi connectivity index (χ4v) is 4.34. The second-order valence-electron chi connectivity index (χ2n) is 7.00. The summed E-state index contributed by atoms with van der Waals surface area (Å²) in [4.78, 5) is 12.5. The summed E-state index contributed by atoms with van der Waals surface area (Å²) in [7, 11) is 1.54. The lowest BCUT2D eigenvalue weighted by Crippen LogP contribution is -2.17. The van der Waals surface area contributed by atoms with Crippen molar-refractivity contribution in [2.24, 2.45) is 5.10 Å². The smallest absolute Gasteiger partial charge is 0.271 e. The molecule has 3 rings (SSSR count). The van der Waals surface area contributed by atoms with E-state index in [4.69, 9.17) is 14.2 Å². The van der Waals surface area contributed by atoms with Crippen molar-refractivity contribution in [1.29, 1.82) is 0 Å². The van der Waals surface area contributed by atoms with Crippen molar-refractivity contribution in [3.05, 3.63) is 86.3 Å². The average molecular weight is 576 g/mol. The molecule has 172 valence electrons. The Morgan fingerprint density at radius 2 is 1.73 bits per heavy atom. The van der Waals surface area contributed by atoms with Crippen LogP contribution in [-0.2, 0) is 6.61 Å². The van der Waals surface area contributed by atoms with E-state index in [1.807, 2.05) is 49.4 Å². The quantitative estimate of drug-likeness (QED) is 0.226. The maximum Gasteiger partial charge on any atom is 0.271 e. The van der Waals surface area contributed by atoms with Gasteiger partial charge in [-0.3, -0.25) is 4.79 Å². The Morgan fingerprint density at radius 3 is 2.39 bits per heavy atom. The lowest BCUT2D eigenvalue weighted by atomic mass is 10.2. The number of halogens is 2. The number of nitrogens with zero attached hydrogens (tertiary/aromatic N) is 1. The third-order valence-electron chi connectivity index (χ3n) is 4.51. The molecule has 6 nitrogen and oxygen atoms in total. The minimum Gasteiger partial charge on any atom is -0.493 e. The van der Waals surface area contributed by atoms with Gasteiger partial charge >= 0.3 is 0 Å². The molecule has 0 atom stereocenters. The van der Waals surface area contributed by atoms with E-state index in [1.165, 1.54) is 7.11 Å². The summed E-state index contributed by atoms with van der Waals surface area (Å²) < 4.78 is 18.4. The van der Waals surface area contributed by atoms with E-state index in [1.54, 1.807) is 24.4 Å². The molecule has 3 aromatic rings. The van der Waals surface area contributed by atoms with Crippen molar-refractivity contribution in [2.75, 3.05) is 13.7 Å².